The number of rotatable bonds is 6. The van der Waals surface area contributed by atoms with E-state index in [2.05, 4.69) is 42.5 Å². The summed E-state index contributed by atoms with van der Waals surface area (Å²) in [5.74, 6) is 0.316. The van der Waals surface area contributed by atoms with Gasteiger partial charge in [0.15, 0.2) is 10.1 Å². The lowest BCUT2D eigenvalue weighted by molar-refractivity contribution is -0.116. The number of Topliss-reactive ketones (excluding diaryl/α,β-unsaturated/α-hetero) is 1. The number of pyridine rings is 1. The predicted octanol–water partition coefficient (Wildman–Crippen LogP) is 4.32. The largest absolute Gasteiger partial charge is 0.468 e. The monoisotopic (exact) mass is 583 g/mol. The molecule has 13 heteroatoms. The molecule has 5 rings (SSSR count). The molecule has 0 radical (unpaired) electrons. The zero-order valence-electron chi connectivity index (χ0n) is 18.6. The van der Waals surface area contributed by atoms with Crippen LogP contribution in [0.3, 0.4) is 0 Å². The SMILES string of the molecule is N#CC1=C(N)N(c2nnc(SCC(=O)Nc3ccc(Br)cn3)s2)C2=C(C(=O)CCC2)C1c1ccco1. The summed E-state index contributed by atoms with van der Waals surface area (Å²) in [4.78, 5) is 31.2. The molecule has 3 aromatic heterocycles. The molecular weight excluding hydrogens is 566 g/mol. The average molecular weight is 584 g/mol. The average Bonchev–Trinajstić information content (AvgIpc) is 3.56. The number of thioether (sulfide) groups is 1. The third-order valence-electron chi connectivity index (χ3n) is 5.65. The smallest absolute Gasteiger partial charge is 0.235 e. The van der Waals surface area contributed by atoms with Gasteiger partial charge in [0.05, 0.1) is 29.6 Å². The molecule has 0 saturated carbocycles. The van der Waals surface area contributed by atoms with E-state index in [1.807, 2.05) is 0 Å². The van der Waals surface area contributed by atoms with E-state index in [1.54, 1.807) is 35.4 Å². The Morgan fingerprint density at radius 1 is 1.36 bits per heavy atom. The summed E-state index contributed by atoms with van der Waals surface area (Å²) < 4.78 is 6.94. The number of nitrogens with one attached hydrogen (secondary N) is 1. The molecule has 0 bridgehead atoms. The van der Waals surface area contributed by atoms with Gasteiger partial charge in [-0.1, -0.05) is 23.1 Å². The Balaban J connectivity index is 1.39. The molecule has 1 atom stereocenters. The van der Waals surface area contributed by atoms with Gasteiger partial charge in [0, 0.05) is 28.4 Å². The topological polar surface area (TPSA) is 151 Å². The van der Waals surface area contributed by atoms with Gasteiger partial charge in [0.25, 0.3) is 0 Å². The van der Waals surface area contributed by atoms with Crippen LogP contribution in [0.1, 0.15) is 30.9 Å². The Morgan fingerprint density at radius 3 is 2.94 bits per heavy atom. The molecular formula is C23H18BrN7O3S2. The Hall–Kier alpha value is -3.47. The van der Waals surface area contributed by atoms with Crippen LogP contribution in [0.25, 0.3) is 0 Å². The number of furan rings is 1. The number of nitrogens with zero attached hydrogens (tertiary/aromatic N) is 5. The first-order valence-electron chi connectivity index (χ1n) is 10.8. The molecule has 1 aliphatic carbocycles. The van der Waals surface area contributed by atoms with Crippen molar-refractivity contribution < 1.29 is 14.0 Å². The third-order valence-corrected chi connectivity index (χ3v) is 8.16. The van der Waals surface area contributed by atoms with Gasteiger partial charge < -0.3 is 15.5 Å². The van der Waals surface area contributed by atoms with Gasteiger partial charge in [-0.3, -0.25) is 14.5 Å². The second-order valence-electron chi connectivity index (χ2n) is 7.88. The maximum atomic E-state index is 13.0. The lowest BCUT2D eigenvalue weighted by Gasteiger charge is -2.37. The van der Waals surface area contributed by atoms with Gasteiger partial charge in [-0.05, 0) is 53.0 Å². The number of aromatic nitrogens is 3. The normalized spacial score (nSPS) is 17.7. The summed E-state index contributed by atoms with van der Waals surface area (Å²) in [5.41, 5.74) is 7.93. The fourth-order valence-corrected chi connectivity index (χ4v) is 6.07. The molecule has 3 N–H and O–H groups in total. The first-order valence-corrected chi connectivity index (χ1v) is 13.4. The second-order valence-corrected chi connectivity index (χ2v) is 11.0. The fraction of sp³-hybridized carbons (Fsp3) is 0.217. The number of ketones is 1. The molecule has 1 amide bonds. The maximum Gasteiger partial charge on any atom is 0.235 e. The first kappa shape index (κ1) is 24.2. The molecule has 1 unspecified atom stereocenters. The summed E-state index contributed by atoms with van der Waals surface area (Å²) >= 11 is 5.76. The molecule has 1 aliphatic heterocycles. The van der Waals surface area contributed by atoms with Crippen LogP contribution in [0.5, 0.6) is 0 Å². The van der Waals surface area contributed by atoms with Crippen molar-refractivity contribution in [1.29, 1.82) is 5.26 Å². The van der Waals surface area contributed by atoms with E-state index in [0.29, 0.717) is 51.6 Å². The molecule has 0 saturated heterocycles. The standard InChI is InChI=1S/C23H18BrN7O3S2/c24-12-6-7-17(27-10-12)28-18(33)11-35-23-30-29-22(36-23)31-14-3-1-4-15(32)20(14)19(13(9-25)21(31)26)16-5-2-8-34-16/h2,5-8,10,19H,1,3-4,11,26H2,(H,27,28,33). The van der Waals surface area contributed by atoms with Crippen molar-refractivity contribution in [2.75, 3.05) is 16.0 Å². The van der Waals surface area contributed by atoms with Gasteiger partial charge in [-0.25, -0.2) is 4.98 Å². The number of allylic oxidation sites excluding steroid dienone is 3. The predicted molar refractivity (Wildman–Crippen MR) is 138 cm³/mol. The highest BCUT2D eigenvalue weighted by molar-refractivity contribution is 9.10. The molecule has 0 fully saturated rings. The van der Waals surface area contributed by atoms with E-state index in [-0.39, 0.29) is 28.8 Å². The molecule has 0 spiro atoms. The number of nitrogens with two attached hydrogens (primary N) is 1. The van der Waals surface area contributed by atoms with E-state index < -0.39 is 5.92 Å². The van der Waals surface area contributed by atoms with Crippen LogP contribution in [0.2, 0.25) is 0 Å². The van der Waals surface area contributed by atoms with E-state index in [1.165, 1.54) is 29.4 Å². The fourth-order valence-electron chi connectivity index (χ4n) is 4.15. The highest BCUT2D eigenvalue weighted by Gasteiger charge is 2.42. The molecule has 182 valence electrons. The maximum absolute atomic E-state index is 13.0. The summed E-state index contributed by atoms with van der Waals surface area (Å²) in [6.45, 7) is 0. The summed E-state index contributed by atoms with van der Waals surface area (Å²) in [6, 6.07) is 9.12. The van der Waals surface area contributed by atoms with Crippen molar-refractivity contribution in [1.82, 2.24) is 15.2 Å². The third kappa shape index (κ3) is 4.67. The van der Waals surface area contributed by atoms with Gasteiger partial charge in [-0.15, -0.1) is 10.2 Å². The first-order chi connectivity index (χ1) is 17.5. The number of hydrogen-bond acceptors (Lipinski definition) is 11. The van der Waals surface area contributed by atoms with Crippen molar-refractivity contribution in [3.63, 3.8) is 0 Å². The minimum absolute atomic E-state index is 0.0414. The second kappa shape index (κ2) is 10.3. The minimum atomic E-state index is -0.651. The number of hydrogen-bond donors (Lipinski definition) is 2. The van der Waals surface area contributed by atoms with E-state index >= 15 is 0 Å². The molecule has 4 heterocycles. The van der Waals surface area contributed by atoms with Gasteiger partial charge in [0.1, 0.15) is 17.4 Å². The Labute approximate surface area is 222 Å². The summed E-state index contributed by atoms with van der Waals surface area (Å²) in [7, 11) is 0. The lowest BCUT2D eigenvalue weighted by atomic mass is 9.78. The van der Waals surface area contributed by atoms with Crippen molar-refractivity contribution in [3.05, 3.63) is 69.6 Å². The summed E-state index contributed by atoms with van der Waals surface area (Å²) in [6.07, 6.45) is 4.77. The van der Waals surface area contributed by atoms with Crippen molar-refractivity contribution in [3.8, 4) is 6.07 Å². The van der Waals surface area contributed by atoms with Crippen molar-refractivity contribution in [2.24, 2.45) is 5.73 Å². The zero-order chi connectivity index (χ0) is 25.2. The Morgan fingerprint density at radius 2 is 2.22 bits per heavy atom. The van der Waals surface area contributed by atoms with Crippen LogP contribution in [0.4, 0.5) is 10.9 Å². The molecule has 0 aromatic carbocycles. The highest BCUT2D eigenvalue weighted by Crippen LogP contribution is 2.47. The number of halogens is 1. The van der Waals surface area contributed by atoms with Crippen molar-refractivity contribution in [2.45, 2.75) is 29.5 Å². The van der Waals surface area contributed by atoms with Crippen LogP contribution in [-0.4, -0.2) is 32.6 Å². The molecule has 3 aromatic rings. The molecule has 36 heavy (non-hydrogen) atoms. The summed E-state index contributed by atoms with van der Waals surface area (Å²) in [5, 5.41) is 21.6. The number of anilines is 2. The zero-order valence-corrected chi connectivity index (χ0v) is 21.8. The number of nitriles is 1. The molecule has 10 nitrogen and oxygen atoms in total. The number of carbonyl (C=O) groups is 2. The van der Waals surface area contributed by atoms with Crippen LogP contribution in [0, 0.1) is 11.3 Å². The molecule has 2 aliphatic rings. The van der Waals surface area contributed by atoms with Gasteiger partial charge in [0.2, 0.25) is 11.0 Å². The lowest BCUT2D eigenvalue weighted by Crippen LogP contribution is -2.38. The van der Waals surface area contributed by atoms with Crippen LogP contribution < -0.4 is 16.0 Å². The number of carbonyl (C=O) groups excluding carboxylic acids is 2. The van der Waals surface area contributed by atoms with Crippen molar-refractivity contribution >= 4 is 61.7 Å². The van der Waals surface area contributed by atoms with Crippen LogP contribution >= 0.6 is 39.0 Å². The number of amides is 1. The quantitative estimate of drug-likeness (QED) is 0.401. The van der Waals surface area contributed by atoms with Crippen LogP contribution in [-0.2, 0) is 9.59 Å². The van der Waals surface area contributed by atoms with E-state index in [9.17, 15) is 14.9 Å². The Kier molecular flexibility index (Phi) is 6.90. The Bertz CT molecular complexity index is 1420. The van der Waals surface area contributed by atoms with Gasteiger partial charge >= 0.3 is 0 Å². The van der Waals surface area contributed by atoms with E-state index in [4.69, 9.17) is 10.2 Å². The van der Waals surface area contributed by atoms with Crippen LogP contribution in [0.15, 0.2) is 72.6 Å². The van der Waals surface area contributed by atoms with E-state index in [0.717, 1.165) is 4.47 Å². The van der Waals surface area contributed by atoms with Gasteiger partial charge in [-0.2, -0.15) is 5.26 Å². The minimum Gasteiger partial charge on any atom is -0.468 e. The highest BCUT2D eigenvalue weighted by atomic mass is 79.9.